The summed E-state index contributed by atoms with van der Waals surface area (Å²) >= 11 is 0. The van der Waals surface area contributed by atoms with Crippen molar-refractivity contribution < 1.29 is 18.8 Å². The number of methoxy groups -OCH3 is 1. The topological polar surface area (TPSA) is 93.5 Å². The third-order valence-corrected chi connectivity index (χ3v) is 4.61. The van der Waals surface area contributed by atoms with Crippen LogP contribution in [0.3, 0.4) is 0 Å². The van der Waals surface area contributed by atoms with Crippen molar-refractivity contribution in [1.29, 1.82) is 0 Å². The smallest absolute Gasteiger partial charge is 0.227 e. The fourth-order valence-corrected chi connectivity index (χ4v) is 3.26. The van der Waals surface area contributed by atoms with Gasteiger partial charge < -0.3 is 23.9 Å². The maximum Gasteiger partial charge on any atom is 0.227 e. The van der Waals surface area contributed by atoms with Gasteiger partial charge in [0.1, 0.15) is 11.8 Å². The Kier molecular flexibility index (Phi) is 4.34. The molecule has 26 heavy (non-hydrogen) atoms. The van der Waals surface area contributed by atoms with Crippen LogP contribution in [0.4, 0.5) is 0 Å². The number of benzene rings is 1. The van der Waals surface area contributed by atoms with E-state index in [-0.39, 0.29) is 18.4 Å². The van der Waals surface area contributed by atoms with Crippen LogP contribution in [0.5, 0.6) is 5.75 Å². The lowest BCUT2D eigenvalue weighted by Gasteiger charge is -2.33. The largest absolute Gasteiger partial charge is 0.497 e. The number of morpholine rings is 1. The molecule has 0 spiro atoms. The fourth-order valence-electron chi connectivity index (χ4n) is 3.26. The van der Waals surface area contributed by atoms with Crippen molar-refractivity contribution in [1.82, 2.24) is 20.0 Å². The Bertz CT molecular complexity index is 932. The van der Waals surface area contributed by atoms with Gasteiger partial charge in [0.05, 0.1) is 26.7 Å². The summed E-state index contributed by atoms with van der Waals surface area (Å²) in [6, 6.07) is 5.45. The van der Waals surface area contributed by atoms with Gasteiger partial charge in [0.25, 0.3) is 0 Å². The number of nitrogens with one attached hydrogen (secondary N) is 1. The zero-order valence-electron chi connectivity index (χ0n) is 14.7. The molecule has 1 atom stereocenters. The molecule has 4 rings (SSSR count). The molecule has 1 unspecified atom stereocenters. The van der Waals surface area contributed by atoms with E-state index in [9.17, 15) is 4.79 Å². The molecule has 1 N–H and O–H groups in total. The van der Waals surface area contributed by atoms with E-state index >= 15 is 0 Å². The lowest BCUT2D eigenvalue weighted by molar-refractivity contribution is -0.139. The maximum atomic E-state index is 13.0. The second-order valence-corrected chi connectivity index (χ2v) is 6.25. The molecular formula is C18H20N4O4. The Balaban J connectivity index is 1.58. The highest BCUT2D eigenvalue weighted by Crippen LogP contribution is 2.27. The third kappa shape index (κ3) is 3.03. The molecule has 0 saturated carbocycles. The molecule has 0 aliphatic carbocycles. The normalized spacial score (nSPS) is 17.6. The molecule has 1 aliphatic rings. The van der Waals surface area contributed by atoms with Gasteiger partial charge in [-0.05, 0) is 23.8 Å². The van der Waals surface area contributed by atoms with Crippen LogP contribution in [-0.4, -0.2) is 52.8 Å². The van der Waals surface area contributed by atoms with Gasteiger partial charge in [0, 0.05) is 30.6 Å². The highest BCUT2D eigenvalue weighted by Gasteiger charge is 2.32. The van der Waals surface area contributed by atoms with Gasteiger partial charge in [-0.2, -0.15) is 4.98 Å². The van der Waals surface area contributed by atoms with E-state index < -0.39 is 0 Å². The quantitative estimate of drug-likeness (QED) is 0.769. The Labute approximate surface area is 150 Å². The predicted molar refractivity (Wildman–Crippen MR) is 92.9 cm³/mol. The molecule has 1 fully saturated rings. The number of nitrogens with zero attached hydrogens (tertiary/aromatic N) is 3. The molecule has 8 nitrogen and oxygen atoms in total. The predicted octanol–water partition coefficient (Wildman–Crippen LogP) is 2.01. The minimum absolute atomic E-state index is 0.00414. The summed E-state index contributed by atoms with van der Waals surface area (Å²) in [5, 5.41) is 4.94. The SMILES string of the molecule is COc1ccc2[nH]cc(CC(=O)N3CCOCC3c3noc(C)n3)c2c1. The number of carbonyl (C=O) groups is 1. The lowest BCUT2D eigenvalue weighted by Crippen LogP contribution is -2.44. The van der Waals surface area contributed by atoms with Crippen molar-refractivity contribution >= 4 is 16.8 Å². The van der Waals surface area contributed by atoms with Gasteiger partial charge in [0.15, 0.2) is 5.82 Å². The first-order valence-corrected chi connectivity index (χ1v) is 8.47. The molecule has 0 bridgehead atoms. The van der Waals surface area contributed by atoms with Crippen molar-refractivity contribution in [3.63, 3.8) is 0 Å². The van der Waals surface area contributed by atoms with Crippen LogP contribution in [-0.2, 0) is 16.0 Å². The van der Waals surface area contributed by atoms with Gasteiger partial charge in [0.2, 0.25) is 11.8 Å². The van der Waals surface area contributed by atoms with Crippen molar-refractivity contribution in [3.05, 3.63) is 41.7 Å². The van der Waals surface area contributed by atoms with E-state index in [1.165, 1.54) is 0 Å². The Morgan fingerprint density at radius 1 is 1.46 bits per heavy atom. The Hall–Kier alpha value is -2.87. The molecule has 3 aromatic rings. The third-order valence-electron chi connectivity index (χ3n) is 4.61. The summed E-state index contributed by atoms with van der Waals surface area (Å²) in [7, 11) is 1.63. The maximum absolute atomic E-state index is 13.0. The molecule has 3 heterocycles. The first-order chi connectivity index (χ1) is 12.7. The summed E-state index contributed by atoms with van der Waals surface area (Å²) < 4.78 is 15.9. The van der Waals surface area contributed by atoms with E-state index in [0.717, 1.165) is 22.2 Å². The summed E-state index contributed by atoms with van der Waals surface area (Å²) in [6.07, 6.45) is 2.15. The van der Waals surface area contributed by atoms with Crippen LogP contribution in [0.2, 0.25) is 0 Å². The molecule has 1 aliphatic heterocycles. The van der Waals surface area contributed by atoms with E-state index in [1.807, 2.05) is 24.4 Å². The lowest BCUT2D eigenvalue weighted by atomic mass is 10.1. The van der Waals surface area contributed by atoms with Gasteiger partial charge >= 0.3 is 0 Å². The average Bonchev–Trinajstić information content (AvgIpc) is 3.27. The summed E-state index contributed by atoms with van der Waals surface area (Å²) in [6.45, 7) is 3.10. The van der Waals surface area contributed by atoms with Gasteiger partial charge in [-0.1, -0.05) is 5.16 Å². The number of aromatic amines is 1. The van der Waals surface area contributed by atoms with Crippen LogP contribution in [0, 0.1) is 6.92 Å². The number of ether oxygens (including phenoxy) is 2. The minimum Gasteiger partial charge on any atom is -0.497 e. The number of amides is 1. The molecule has 2 aromatic heterocycles. The van der Waals surface area contributed by atoms with Crippen LogP contribution in [0.25, 0.3) is 10.9 Å². The number of hydrogen-bond donors (Lipinski definition) is 1. The molecule has 8 heteroatoms. The highest BCUT2D eigenvalue weighted by molar-refractivity contribution is 5.90. The van der Waals surface area contributed by atoms with Crippen molar-refractivity contribution in [2.75, 3.05) is 26.9 Å². The van der Waals surface area contributed by atoms with Crippen molar-refractivity contribution in [2.45, 2.75) is 19.4 Å². The second-order valence-electron chi connectivity index (χ2n) is 6.25. The Morgan fingerprint density at radius 3 is 3.12 bits per heavy atom. The zero-order chi connectivity index (χ0) is 18.1. The fraction of sp³-hybridized carbons (Fsp3) is 0.389. The number of fused-ring (bicyclic) bond motifs is 1. The molecule has 136 valence electrons. The molecule has 1 saturated heterocycles. The zero-order valence-corrected chi connectivity index (χ0v) is 14.7. The second kappa shape index (κ2) is 6.80. The summed E-state index contributed by atoms with van der Waals surface area (Å²) in [5.74, 6) is 1.72. The standard InChI is InChI=1S/C18H20N4O4/c1-11-20-18(21-26-11)16-10-25-6-5-22(16)17(23)7-12-9-19-15-4-3-13(24-2)8-14(12)15/h3-4,8-9,16,19H,5-7,10H2,1-2H3. The number of aryl methyl sites for hydroxylation is 1. The van der Waals surface area contributed by atoms with E-state index in [4.69, 9.17) is 14.0 Å². The van der Waals surface area contributed by atoms with Gasteiger partial charge in [-0.3, -0.25) is 4.79 Å². The van der Waals surface area contributed by atoms with Gasteiger partial charge in [-0.25, -0.2) is 0 Å². The number of hydrogen-bond acceptors (Lipinski definition) is 6. The van der Waals surface area contributed by atoms with Crippen LogP contribution < -0.4 is 4.74 Å². The number of H-pyrrole nitrogens is 1. The summed E-state index contributed by atoms with van der Waals surface area (Å²) in [4.78, 5) is 22.2. The van der Waals surface area contributed by atoms with Crippen LogP contribution in [0.1, 0.15) is 23.3 Å². The first kappa shape index (κ1) is 16.6. The summed E-state index contributed by atoms with van der Waals surface area (Å²) in [5.41, 5.74) is 1.90. The number of carbonyl (C=O) groups excluding carboxylic acids is 1. The molecule has 1 amide bonds. The number of rotatable bonds is 4. The Morgan fingerprint density at radius 2 is 2.35 bits per heavy atom. The van der Waals surface area contributed by atoms with E-state index in [0.29, 0.717) is 31.5 Å². The first-order valence-electron chi connectivity index (χ1n) is 8.47. The van der Waals surface area contributed by atoms with Gasteiger partial charge in [-0.15, -0.1) is 0 Å². The van der Waals surface area contributed by atoms with Crippen LogP contribution >= 0.6 is 0 Å². The van der Waals surface area contributed by atoms with E-state index in [1.54, 1.807) is 18.9 Å². The molecular weight excluding hydrogens is 336 g/mol. The van der Waals surface area contributed by atoms with Crippen molar-refractivity contribution in [3.8, 4) is 5.75 Å². The molecule has 1 aromatic carbocycles. The van der Waals surface area contributed by atoms with Crippen molar-refractivity contribution in [2.24, 2.45) is 0 Å². The number of aromatic nitrogens is 3. The average molecular weight is 356 g/mol. The van der Waals surface area contributed by atoms with Crippen LogP contribution in [0.15, 0.2) is 28.9 Å². The minimum atomic E-state index is -0.326. The highest BCUT2D eigenvalue weighted by atomic mass is 16.5. The monoisotopic (exact) mass is 356 g/mol. The molecule has 0 radical (unpaired) electrons. The van der Waals surface area contributed by atoms with E-state index in [2.05, 4.69) is 15.1 Å².